The van der Waals surface area contributed by atoms with Gasteiger partial charge in [-0.2, -0.15) is 4.31 Å². The second-order valence-corrected chi connectivity index (χ2v) is 7.08. The van der Waals surface area contributed by atoms with Crippen LogP contribution in [0.25, 0.3) is 0 Å². The van der Waals surface area contributed by atoms with E-state index in [9.17, 15) is 12.8 Å². The van der Waals surface area contributed by atoms with Gasteiger partial charge in [0.15, 0.2) is 5.82 Å². The van der Waals surface area contributed by atoms with Crippen molar-refractivity contribution in [1.29, 1.82) is 0 Å². The molecule has 1 aromatic heterocycles. The van der Waals surface area contributed by atoms with E-state index in [-0.39, 0.29) is 16.7 Å². The van der Waals surface area contributed by atoms with E-state index >= 15 is 0 Å². The molecule has 0 fully saturated rings. The van der Waals surface area contributed by atoms with Crippen molar-refractivity contribution in [1.82, 2.24) is 4.31 Å². The van der Waals surface area contributed by atoms with Crippen LogP contribution in [0.15, 0.2) is 44.5 Å². The minimum atomic E-state index is -3.98. The number of nitrogens with two attached hydrogens (primary N) is 1. The summed E-state index contributed by atoms with van der Waals surface area (Å²) in [7, 11) is -2.62. The third-order valence-electron chi connectivity index (χ3n) is 2.69. The summed E-state index contributed by atoms with van der Waals surface area (Å²) in [6.07, 6.45) is 2.87. The molecule has 1 heterocycles. The second kappa shape index (κ2) is 5.55. The molecule has 20 heavy (non-hydrogen) atoms. The van der Waals surface area contributed by atoms with Gasteiger partial charge in [0.25, 0.3) is 0 Å². The number of nitrogen functional groups attached to an aromatic ring is 1. The Morgan fingerprint density at radius 1 is 1.45 bits per heavy atom. The minimum Gasteiger partial charge on any atom is -0.472 e. The highest BCUT2D eigenvalue weighted by atomic mass is 79.9. The van der Waals surface area contributed by atoms with E-state index in [4.69, 9.17) is 10.2 Å². The van der Waals surface area contributed by atoms with Crippen molar-refractivity contribution in [2.45, 2.75) is 11.4 Å². The zero-order chi connectivity index (χ0) is 14.9. The lowest BCUT2D eigenvalue weighted by Gasteiger charge is -2.17. The topological polar surface area (TPSA) is 76.5 Å². The Balaban J connectivity index is 2.40. The van der Waals surface area contributed by atoms with Gasteiger partial charge in [0.2, 0.25) is 10.0 Å². The van der Waals surface area contributed by atoms with Gasteiger partial charge in [-0.25, -0.2) is 12.8 Å². The van der Waals surface area contributed by atoms with Gasteiger partial charge in [0.05, 0.1) is 17.0 Å². The first-order valence-electron chi connectivity index (χ1n) is 5.54. The number of sulfonamides is 1. The molecular formula is C12H12BrFN2O3S. The SMILES string of the molecule is CN(Cc1ccoc1)S(=O)(=O)c1cc(N)cc(Br)c1F. The van der Waals surface area contributed by atoms with Crippen LogP contribution in [0.1, 0.15) is 5.56 Å². The van der Waals surface area contributed by atoms with Crippen LogP contribution in [0.4, 0.5) is 10.1 Å². The number of rotatable bonds is 4. The fraction of sp³-hybridized carbons (Fsp3) is 0.167. The number of halogens is 2. The molecule has 0 atom stereocenters. The highest BCUT2D eigenvalue weighted by molar-refractivity contribution is 9.10. The van der Waals surface area contributed by atoms with E-state index in [0.717, 1.165) is 10.4 Å². The van der Waals surface area contributed by atoms with Crippen molar-refractivity contribution in [3.05, 3.63) is 46.6 Å². The predicted molar refractivity (Wildman–Crippen MR) is 75.9 cm³/mol. The molecular weight excluding hydrogens is 351 g/mol. The molecule has 0 aliphatic carbocycles. The van der Waals surface area contributed by atoms with Gasteiger partial charge in [-0.3, -0.25) is 0 Å². The summed E-state index contributed by atoms with van der Waals surface area (Å²) >= 11 is 2.95. The van der Waals surface area contributed by atoms with Crippen LogP contribution in [-0.2, 0) is 16.6 Å². The van der Waals surface area contributed by atoms with Crippen LogP contribution < -0.4 is 5.73 Å². The number of benzene rings is 1. The van der Waals surface area contributed by atoms with Gasteiger partial charge in [-0.05, 0) is 34.1 Å². The Hall–Kier alpha value is -1.38. The van der Waals surface area contributed by atoms with Crippen molar-refractivity contribution in [2.24, 2.45) is 0 Å². The van der Waals surface area contributed by atoms with E-state index in [2.05, 4.69) is 15.9 Å². The fourth-order valence-electron chi connectivity index (χ4n) is 1.66. The zero-order valence-corrected chi connectivity index (χ0v) is 12.9. The van der Waals surface area contributed by atoms with Crippen LogP contribution >= 0.6 is 15.9 Å². The van der Waals surface area contributed by atoms with Gasteiger partial charge in [0, 0.05) is 24.8 Å². The van der Waals surface area contributed by atoms with Gasteiger partial charge >= 0.3 is 0 Å². The van der Waals surface area contributed by atoms with Crippen molar-refractivity contribution >= 4 is 31.6 Å². The number of furan rings is 1. The third-order valence-corrected chi connectivity index (χ3v) is 5.07. The normalized spacial score (nSPS) is 12.0. The summed E-state index contributed by atoms with van der Waals surface area (Å²) in [5, 5.41) is 0. The predicted octanol–water partition coefficient (Wildman–Crippen LogP) is 2.58. The summed E-state index contributed by atoms with van der Waals surface area (Å²) < 4.78 is 44.6. The first kappa shape index (κ1) is 15.0. The van der Waals surface area contributed by atoms with Gasteiger partial charge in [-0.15, -0.1) is 0 Å². The number of hydrogen-bond donors (Lipinski definition) is 1. The first-order chi connectivity index (χ1) is 9.32. The molecule has 0 bridgehead atoms. The maximum atomic E-state index is 14.0. The molecule has 8 heteroatoms. The Bertz CT molecular complexity index is 717. The Kier molecular flexibility index (Phi) is 4.17. The molecule has 0 radical (unpaired) electrons. The molecule has 1 aromatic carbocycles. The van der Waals surface area contributed by atoms with E-state index in [1.165, 1.54) is 25.6 Å². The summed E-state index contributed by atoms with van der Waals surface area (Å²) in [6.45, 7) is 0.0741. The molecule has 0 aliphatic heterocycles. The largest absolute Gasteiger partial charge is 0.472 e. The average molecular weight is 363 g/mol. The van der Waals surface area contributed by atoms with Gasteiger partial charge in [-0.1, -0.05) is 0 Å². The smallest absolute Gasteiger partial charge is 0.246 e. The summed E-state index contributed by atoms with van der Waals surface area (Å²) in [5.74, 6) is -0.863. The number of hydrogen-bond acceptors (Lipinski definition) is 4. The maximum Gasteiger partial charge on any atom is 0.246 e. The van der Waals surface area contributed by atoms with Crippen LogP contribution in [0, 0.1) is 5.82 Å². The van der Waals surface area contributed by atoms with E-state index < -0.39 is 20.7 Å². The van der Waals surface area contributed by atoms with Crippen LogP contribution in [-0.4, -0.2) is 19.8 Å². The quantitative estimate of drug-likeness (QED) is 0.848. The highest BCUT2D eigenvalue weighted by Crippen LogP contribution is 2.28. The van der Waals surface area contributed by atoms with Gasteiger partial charge in [0.1, 0.15) is 4.90 Å². The first-order valence-corrected chi connectivity index (χ1v) is 7.77. The van der Waals surface area contributed by atoms with Crippen LogP contribution in [0.3, 0.4) is 0 Å². The monoisotopic (exact) mass is 362 g/mol. The molecule has 0 saturated carbocycles. The lowest BCUT2D eigenvalue weighted by molar-refractivity contribution is 0.456. The Morgan fingerprint density at radius 3 is 2.75 bits per heavy atom. The third kappa shape index (κ3) is 2.87. The fourth-order valence-corrected chi connectivity index (χ4v) is 3.55. The molecule has 0 unspecified atom stereocenters. The molecule has 0 amide bonds. The molecule has 0 aliphatic rings. The molecule has 0 saturated heterocycles. The molecule has 2 rings (SSSR count). The van der Waals surface area contributed by atoms with Gasteiger partial charge < -0.3 is 10.2 Å². The van der Waals surface area contributed by atoms with Crippen LogP contribution in [0.2, 0.25) is 0 Å². The number of nitrogens with zero attached hydrogens (tertiary/aromatic N) is 1. The minimum absolute atomic E-state index is 0.00721. The molecule has 5 nitrogen and oxygen atoms in total. The summed E-state index contributed by atoms with van der Waals surface area (Å²) in [6, 6.07) is 4.05. The average Bonchev–Trinajstić information content (AvgIpc) is 2.86. The van der Waals surface area contributed by atoms with Crippen molar-refractivity contribution in [2.75, 3.05) is 12.8 Å². The van der Waals surface area contributed by atoms with Crippen LogP contribution in [0.5, 0.6) is 0 Å². The van der Waals surface area contributed by atoms with Crippen molar-refractivity contribution in [3.63, 3.8) is 0 Å². The Labute approximate surface area is 124 Å². The molecule has 2 N–H and O–H groups in total. The van der Waals surface area contributed by atoms with Crippen molar-refractivity contribution < 1.29 is 17.2 Å². The molecule has 108 valence electrons. The zero-order valence-electron chi connectivity index (χ0n) is 10.5. The van der Waals surface area contributed by atoms with Crippen molar-refractivity contribution in [3.8, 4) is 0 Å². The molecule has 0 spiro atoms. The highest BCUT2D eigenvalue weighted by Gasteiger charge is 2.26. The lowest BCUT2D eigenvalue weighted by atomic mass is 10.3. The Morgan fingerprint density at radius 2 is 2.15 bits per heavy atom. The second-order valence-electron chi connectivity index (χ2n) is 4.21. The van der Waals surface area contributed by atoms with E-state index in [1.807, 2.05) is 0 Å². The number of anilines is 1. The van der Waals surface area contributed by atoms with E-state index in [0.29, 0.717) is 5.56 Å². The summed E-state index contributed by atoms with van der Waals surface area (Å²) in [5.41, 5.74) is 6.39. The lowest BCUT2D eigenvalue weighted by Crippen LogP contribution is -2.27. The molecule has 2 aromatic rings. The maximum absolute atomic E-state index is 14.0. The standard InChI is InChI=1S/C12H12BrFN2O3S/c1-16(6-8-2-3-19-7-8)20(17,18)11-5-9(15)4-10(13)12(11)14/h2-5,7H,6,15H2,1H3. The van der Waals surface area contributed by atoms with E-state index in [1.54, 1.807) is 6.07 Å². The summed E-state index contributed by atoms with van der Waals surface area (Å²) in [4.78, 5) is -0.463.